The van der Waals surface area contributed by atoms with E-state index in [2.05, 4.69) is 22.1 Å². The second-order valence-corrected chi connectivity index (χ2v) is 7.43. The fourth-order valence-electron chi connectivity index (χ4n) is 2.72. The summed E-state index contributed by atoms with van der Waals surface area (Å²) in [7, 11) is 1.60. The summed E-state index contributed by atoms with van der Waals surface area (Å²) in [4.78, 5) is 23.4. The Hall–Kier alpha value is -3.79. The summed E-state index contributed by atoms with van der Waals surface area (Å²) in [5.41, 5.74) is 0.513. The van der Waals surface area contributed by atoms with Crippen molar-refractivity contribution < 1.29 is 24.2 Å². The Labute approximate surface area is 189 Å². The van der Waals surface area contributed by atoms with Crippen LogP contribution in [0.15, 0.2) is 66.3 Å². The predicted molar refractivity (Wildman–Crippen MR) is 120 cm³/mol. The van der Waals surface area contributed by atoms with Gasteiger partial charge in [-0.05, 0) is 42.5 Å². The summed E-state index contributed by atoms with van der Waals surface area (Å²) in [6, 6.07) is 13.3. The van der Waals surface area contributed by atoms with Gasteiger partial charge in [-0.25, -0.2) is 4.79 Å². The normalized spacial score (nSPS) is 10.4. The Morgan fingerprint density at radius 1 is 1.19 bits per heavy atom. The summed E-state index contributed by atoms with van der Waals surface area (Å²) < 4.78 is 12.7. The fourth-order valence-corrected chi connectivity index (χ4v) is 3.49. The number of benzene rings is 2. The van der Waals surface area contributed by atoms with Crippen LogP contribution < -0.4 is 14.8 Å². The number of thioether (sulfide) groups is 1. The maximum Gasteiger partial charge on any atom is 0.335 e. The molecule has 32 heavy (non-hydrogen) atoms. The number of aromatic nitrogens is 3. The fraction of sp³-hybridized carbons (Fsp3) is 0.182. The first kappa shape index (κ1) is 22.9. The molecule has 3 rings (SSSR count). The number of nitrogens with zero attached hydrogens (tertiary/aromatic N) is 3. The Morgan fingerprint density at radius 3 is 2.62 bits per heavy atom. The van der Waals surface area contributed by atoms with Gasteiger partial charge in [0.25, 0.3) is 0 Å². The van der Waals surface area contributed by atoms with Gasteiger partial charge in [-0.1, -0.05) is 23.9 Å². The van der Waals surface area contributed by atoms with Crippen LogP contribution in [-0.2, 0) is 17.9 Å². The molecule has 0 spiro atoms. The van der Waals surface area contributed by atoms with Crippen LogP contribution in [0.5, 0.6) is 11.5 Å². The van der Waals surface area contributed by atoms with Crippen LogP contribution in [0.25, 0.3) is 0 Å². The lowest BCUT2D eigenvalue weighted by atomic mass is 10.2. The summed E-state index contributed by atoms with van der Waals surface area (Å²) >= 11 is 1.21. The van der Waals surface area contributed by atoms with Gasteiger partial charge >= 0.3 is 5.97 Å². The van der Waals surface area contributed by atoms with E-state index in [1.54, 1.807) is 49.6 Å². The predicted octanol–water partition coefficient (Wildman–Crippen LogP) is 3.48. The smallest absolute Gasteiger partial charge is 0.335 e. The number of methoxy groups -OCH3 is 1. The molecule has 1 aromatic heterocycles. The van der Waals surface area contributed by atoms with Crippen molar-refractivity contribution in [1.29, 1.82) is 0 Å². The van der Waals surface area contributed by atoms with E-state index < -0.39 is 5.97 Å². The first-order valence-electron chi connectivity index (χ1n) is 9.56. The molecule has 0 atom stereocenters. The van der Waals surface area contributed by atoms with Gasteiger partial charge in [0.15, 0.2) is 11.0 Å². The molecule has 0 unspecified atom stereocenters. The number of anilines is 1. The maximum atomic E-state index is 12.3. The number of rotatable bonds is 11. The molecule has 9 nitrogen and oxygen atoms in total. The van der Waals surface area contributed by atoms with Crippen molar-refractivity contribution in [3.05, 3.63) is 72.6 Å². The zero-order valence-corrected chi connectivity index (χ0v) is 18.2. The highest BCUT2D eigenvalue weighted by atomic mass is 32.2. The Bertz CT molecular complexity index is 1100. The summed E-state index contributed by atoms with van der Waals surface area (Å²) in [5.74, 6) is 0.721. The molecule has 3 aromatic rings. The average molecular weight is 455 g/mol. The van der Waals surface area contributed by atoms with Gasteiger partial charge in [-0.3, -0.25) is 9.36 Å². The number of hydrogen-bond donors (Lipinski definition) is 2. The number of carboxylic acid groups (broad SMARTS) is 1. The number of ether oxygens (including phenoxy) is 2. The van der Waals surface area contributed by atoms with Crippen LogP contribution in [0.2, 0.25) is 0 Å². The molecule has 0 bridgehead atoms. The summed E-state index contributed by atoms with van der Waals surface area (Å²) in [6.45, 7) is 4.41. The van der Waals surface area contributed by atoms with Crippen LogP contribution in [-0.4, -0.2) is 44.6 Å². The molecule has 0 aliphatic rings. The lowest BCUT2D eigenvalue weighted by Crippen LogP contribution is -2.15. The van der Waals surface area contributed by atoms with Crippen molar-refractivity contribution in [3.63, 3.8) is 0 Å². The number of nitrogens with one attached hydrogen (secondary N) is 1. The van der Waals surface area contributed by atoms with E-state index in [-0.39, 0.29) is 23.8 Å². The van der Waals surface area contributed by atoms with Gasteiger partial charge in [0.2, 0.25) is 5.91 Å². The highest BCUT2D eigenvalue weighted by molar-refractivity contribution is 7.99. The van der Waals surface area contributed by atoms with Crippen molar-refractivity contribution in [3.8, 4) is 11.5 Å². The van der Waals surface area contributed by atoms with Crippen LogP contribution in [0.3, 0.4) is 0 Å². The number of carbonyl (C=O) groups excluding carboxylic acids is 1. The molecule has 0 aliphatic carbocycles. The Kier molecular flexibility index (Phi) is 7.87. The number of carbonyl (C=O) groups is 2. The van der Waals surface area contributed by atoms with Crippen LogP contribution in [0.4, 0.5) is 5.69 Å². The number of amides is 1. The molecule has 0 radical (unpaired) electrons. The van der Waals surface area contributed by atoms with Gasteiger partial charge in [0, 0.05) is 12.2 Å². The molecule has 0 aliphatic heterocycles. The number of aromatic carboxylic acids is 1. The quantitative estimate of drug-likeness (QED) is 0.334. The highest BCUT2D eigenvalue weighted by Crippen LogP contribution is 2.21. The van der Waals surface area contributed by atoms with Gasteiger partial charge in [-0.15, -0.1) is 16.8 Å². The lowest BCUT2D eigenvalue weighted by Gasteiger charge is -2.10. The van der Waals surface area contributed by atoms with E-state index in [1.165, 1.54) is 23.9 Å². The zero-order valence-electron chi connectivity index (χ0n) is 17.4. The minimum atomic E-state index is -1.06. The summed E-state index contributed by atoms with van der Waals surface area (Å²) in [5, 5.41) is 20.6. The maximum absolute atomic E-state index is 12.3. The van der Waals surface area contributed by atoms with Gasteiger partial charge < -0.3 is 19.9 Å². The third-order valence-corrected chi connectivity index (χ3v) is 5.22. The van der Waals surface area contributed by atoms with E-state index in [1.807, 2.05) is 4.57 Å². The number of allylic oxidation sites excluding steroid dienone is 1. The third-order valence-electron chi connectivity index (χ3n) is 4.26. The molecule has 1 amide bonds. The van der Waals surface area contributed by atoms with Crippen LogP contribution in [0, 0.1) is 0 Å². The number of carboxylic acids is 1. The van der Waals surface area contributed by atoms with Crippen LogP contribution in [0.1, 0.15) is 16.2 Å². The van der Waals surface area contributed by atoms with E-state index in [0.717, 1.165) is 5.75 Å². The molecular weight excluding hydrogens is 432 g/mol. The van der Waals surface area contributed by atoms with E-state index >= 15 is 0 Å². The molecule has 166 valence electrons. The van der Waals surface area contributed by atoms with Crippen molar-refractivity contribution in [2.75, 3.05) is 18.2 Å². The van der Waals surface area contributed by atoms with Gasteiger partial charge in [0.1, 0.15) is 18.1 Å². The molecule has 2 aromatic carbocycles. The Balaban J connectivity index is 1.60. The topological polar surface area (TPSA) is 116 Å². The molecule has 0 saturated heterocycles. The first-order valence-corrected chi connectivity index (χ1v) is 10.5. The second-order valence-electron chi connectivity index (χ2n) is 6.49. The van der Waals surface area contributed by atoms with Crippen LogP contribution >= 0.6 is 11.8 Å². The SMILES string of the molecule is C=CCn1c(COc2ccc(OC)cc2)nnc1SCC(=O)Nc1cccc(C(=O)O)c1. The monoisotopic (exact) mass is 454 g/mol. The molecule has 0 saturated carbocycles. The minimum absolute atomic E-state index is 0.0753. The molecule has 10 heteroatoms. The van der Waals surface area contributed by atoms with E-state index in [9.17, 15) is 9.59 Å². The standard InChI is InChI=1S/C22H22N4O5S/c1-3-11-26-19(13-31-18-9-7-17(30-2)8-10-18)24-25-22(26)32-14-20(27)23-16-6-4-5-15(12-16)21(28)29/h3-10,12H,1,11,13-14H2,2H3,(H,23,27)(H,28,29). The molecule has 0 fully saturated rings. The highest BCUT2D eigenvalue weighted by Gasteiger charge is 2.15. The summed E-state index contributed by atoms with van der Waals surface area (Å²) in [6.07, 6.45) is 1.71. The van der Waals surface area contributed by atoms with E-state index in [4.69, 9.17) is 14.6 Å². The lowest BCUT2D eigenvalue weighted by molar-refractivity contribution is -0.113. The second kappa shape index (κ2) is 11.0. The molecule has 1 heterocycles. The third kappa shape index (κ3) is 6.11. The average Bonchev–Trinajstić information content (AvgIpc) is 3.18. The van der Waals surface area contributed by atoms with Gasteiger partial charge in [-0.2, -0.15) is 0 Å². The zero-order chi connectivity index (χ0) is 22.9. The van der Waals surface area contributed by atoms with Crippen molar-refractivity contribution in [1.82, 2.24) is 14.8 Å². The Morgan fingerprint density at radius 2 is 1.94 bits per heavy atom. The van der Waals surface area contributed by atoms with Crippen molar-refractivity contribution >= 4 is 29.3 Å². The van der Waals surface area contributed by atoms with Gasteiger partial charge in [0.05, 0.1) is 18.4 Å². The molecule has 2 N–H and O–H groups in total. The minimum Gasteiger partial charge on any atom is -0.497 e. The largest absolute Gasteiger partial charge is 0.497 e. The molecular formula is C22H22N4O5S. The van der Waals surface area contributed by atoms with Crippen molar-refractivity contribution in [2.45, 2.75) is 18.3 Å². The van der Waals surface area contributed by atoms with E-state index in [0.29, 0.717) is 29.0 Å². The van der Waals surface area contributed by atoms with Crippen molar-refractivity contribution in [2.24, 2.45) is 0 Å². The number of hydrogen-bond acceptors (Lipinski definition) is 7. The first-order chi connectivity index (χ1) is 15.5.